The van der Waals surface area contributed by atoms with Gasteiger partial charge >= 0.3 is 6.18 Å². The van der Waals surface area contributed by atoms with E-state index in [1.807, 2.05) is 11.9 Å². The summed E-state index contributed by atoms with van der Waals surface area (Å²) in [5, 5.41) is 7.67. The van der Waals surface area contributed by atoms with Gasteiger partial charge in [0, 0.05) is 37.4 Å². The number of fused-ring (bicyclic) bond motifs is 1. The number of halogens is 4. The molecular formula is C24H29F4N7O. The highest BCUT2D eigenvalue weighted by atomic mass is 19.4. The molecule has 0 aliphatic carbocycles. The molecule has 0 saturated carbocycles. The van der Waals surface area contributed by atoms with E-state index in [1.165, 1.54) is 6.20 Å². The van der Waals surface area contributed by atoms with Crippen LogP contribution in [0.5, 0.6) is 0 Å². The van der Waals surface area contributed by atoms with Gasteiger partial charge in [-0.25, -0.2) is 4.39 Å². The molecular weight excluding hydrogens is 478 g/mol. The first kappa shape index (κ1) is 25.5. The van der Waals surface area contributed by atoms with Crippen molar-refractivity contribution in [2.24, 2.45) is 5.73 Å². The molecule has 2 atom stereocenters. The van der Waals surface area contributed by atoms with Crippen LogP contribution in [0.4, 0.5) is 23.2 Å². The number of benzene rings is 1. The summed E-state index contributed by atoms with van der Waals surface area (Å²) in [6.07, 6.45) is -2.09. The number of hydrogen-bond acceptors (Lipinski definition) is 7. The standard InChI is InChI=1S/C24H29F4N7O/c1-4-15(11-29)34(3)13-22-31-23(32-36-22)21-10-16-18(30-19-8-9-33(2)12-17(19)25)6-5-7-20(16)35(21)14-24(26,27)28/h4-7,10-11,17,19,30H,1,8-9,12-14,29H2,2-3H3/b15-11+. The molecule has 12 heteroatoms. The van der Waals surface area contributed by atoms with E-state index in [4.69, 9.17) is 10.3 Å². The third-order valence-electron chi connectivity index (χ3n) is 6.26. The summed E-state index contributed by atoms with van der Waals surface area (Å²) in [7, 11) is 3.60. The number of piperidine rings is 1. The predicted molar refractivity (Wildman–Crippen MR) is 130 cm³/mol. The average Bonchev–Trinajstić information content (AvgIpc) is 3.41. The van der Waals surface area contributed by atoms with Gasteiger partial charge in [-0.3, -0.25) is 0 Å². The number of allylic oxidation sites excluding steroid dienone is 1. The maximum Gasteiger partial charge on any atom is 0.406 e. The Morgan fingerprint density at radius 2 is 2.17 bits per heavy atom. The quantitative estimate of drug-likeness (QED) is 0.350. The Labute approximate surface area is 206 Å². The van der Waals surface area contributed by atoms with Gasteiger partial charge in [0.1, 0.15) is 12.7 Å². The SMILES string of the molecule is C=C/C(=C\N)N(C)Cc1nc(-c2cc3c(NC4CCN(C)CC4F)cccc3n2CC(F)(F)F)no1. The van der Waals surface area contributed by atoms with Crippen molar-refractivity contribution in [3.8, 4) is 11.5 Å². The second kappa shape index (κ2) is 10.2. The number of alkyl halides is 4. The fourth-order valence-corrected chi connectivity index (χ4v) is 4.43. The maximum atomic E-state index is 14.7. The number of nitrogens with two attached hydrogens (primary N) is 1. The number of anilines is 1. The molecule has 1 aliphatic heterocycles. The normalized spacial score (nSPS) is 19.6. The van der Waals surface area contributed by atoms with Crippen molar-refractivity contribution in [1.29, 1.82) is 0 Å². The first-order valence-corrected chi connectivity index (χ1v) is 11.5. The molecule has 4 rings (SSSR count). The minimum absolute atomic E-state index is 0.0179. The van der Waals surface area contributed by atoms with Crippen molar-refractivity contribution >= 4 is 16.6 Å². The Morgan fingerprint density at radius 3 is 2.83 bits per heavy atom. The fourth-order valence-electron chi connectivity index (χ4n) is 4.43. The van der Waals surface area contributed by atoms with E-state index < -0.39 is 24.9 Å². The molecule has 0 amide bonds. The lowest BCUT2D eigenvalue weighted by Gasteiger charge is -2.33. The highest BCUT2D eigenvalue weighted by Crippen LogP contribution is 2.35. The molecule has 1 saturated heterocycles. The van der Waals surface area contributed by atoms with Gasteiger partial charge in [-0.2, -0.15) is 18.2 Å². The molecule has 0 spiro atoms. The van der Waals surface area contributed by atoms with Crippen LogP contribution in [0.25, 0.3) is 22.4 Å². The molecule has 8 nitrogen and oxygen atoms in total. The number of nitrogens with zero attached hydrogens (tertiary/aromatic N) is 5. The summed E-state index contributed by atoms with van der Waals surface area (Å²) in [4.78, 5) is 7.95. The average molecular weight is 508 g/mol. The third-order valence-corrected chi connectivity index (χ3v) is 6.26. The smallest absolute Gasteiger partial charge is 0.403 e. The number of nitrogens with one attached hydrogen (secondary N) is 1. The minimum Gasteiger partial charge on any atom is -0.403 e. The van der Waals surface area contributed by atoms with Gasteiger partial charge in [0.05, 0.1) is 29.5 Å². The van der Waals surface area contributed by atoms with E-state index in [-0.39, 0.29) is 24.0 Å². The molecule has 2 unspecified atom stereocenters. The summed E-state index contributed by atoms with van der Waals surface area (Å²) < 4.78 is 61.8. The number of hydrogen-bond donors (Lipinski definition) is 2. The molecule has 3 heterocycles. The van der Waals surface area contributed by atoms with Crippen LogP contribution >= 0.6 is 0 Å². The summed E-state index contributed by atoms with van der Waals surface area (Å²) >= 11 is 0. The van der Waals surface area contributed by atoms with E-state index >= 15 is 0 Å². The van der Waals surface area contributed by atoms with Crippen molar-refractivity contribution in [2.45, 2.75) is 37.9 Å². The Balaban J connectivity index is 1.71. The molecule has 194 valence electrons. The van der Waals surface area contributed by atoms with E-state index in [9.17, 15) is 17.6 Å². The number of likely N-dealkylation sites (tertiary alicyclic amines) is 1. The van der Waals surface area contributed by atoms with Gasteiger partial charge in [0.2, 0.25) is 11.7 Å². The van der Waals surface area contributed by atoms with E-state index in [0.29, 0.717) is 35.3 Å². The Kier molecular flexibility index (Phi) is 7.25. The lowest BCUT2D eigenvalue weighted by molar-refractivity contribution is -0.139. The Bertz CT molecular complexity index is 1250. The van der Waals surface area contributed by atoms with Crippen molar-refractivity contribution in [3.63, 3.8) is 0 Å². The minimum atomic E-state index is -4.49. The molecule has 0 bridgehead atoms. The van der Waals surface area contributed by atoms with Crippen LogP contribution in [-0.4, -0.2) is 70.1 Å². The number of rotatable bonds is 8. The first-order chi connectivity index (χ1) is 17.1. The molecule has 1 fully saturated rings. The third kappa shape index (κ3) is 5.48. The monoisotopic (exact) mass is 507 g/mol. The molecule has 0 radical (unpaired) electrons. The zero-order valence-electron chi connectivity index (χ0n) is 20.1. The van der Waals surface area contributed by atoms with Crippen molar-refractivity contribution in [1.82, 2.24) is 24.5 Å². The maximum absolute atomic E-state index is 14.7. The zero-order chi connectivity index (χ0) is 26.0. The van der Waals surface area contributed by atoms with E-state index in [1.54, 1.807) is 42.3 Å². The number of aromatic nitrogens is 3. The second-order valence-electron chi connectivity index (χ2n) is 8.95. The summed E-state index contributed by atoms with van der Waals surface area (Å²) in [6, 6.07) is 6.12. The second-order valence-corrected chi connectivity index (χ2v) is 8.95. The van der Waals surface area contributed by atoms with Crippen LogP contribution in [0.15, 0.2) is 53.3 Å². The van der Waals surface area contributed by atoms with Gasteiger partial charge in [-0.05, 0) is 37.7 Å². The summed E-state index contributed by atoms with van der Waals surface area (Å²) in [5.41, 5.74) is 7.22. The van der Waals surface area contributed by atoms with Crippen LogP contribution in [0.1, 0.15) is 12.3 Å². The lowest BCUT2D eigenvalue weighted by Crippen LogP contribution is -2.46. The first-order valence-electron chi connectivity index (χ1n) is 11.5. The summed E-state index contributed by atoms with van der Waals surface area (Å²) in [5.74, 6) is 0.215. The number of likely N-dealkylation sites (N-methyl/N-ethyl adjacent to an activating group) is 1. The lowest BCUT2D eigenvalue weighted by atomic mass is 10.0. The fraction of sp³-hybridized carbons (Fsp3) is 0.417. The van der Waals surface area contributed by atoms with Crippen LogP contribution in [0, 0.1) is 0 Å². The van der Waals surface area contributed by atoms with Gasteiger partial charge in [-0.1, -0.05) is 17.8 Å². The van der Waals surface area contributed by atoms with Gasteiger partial charge in [-0.15, -0.1) is 0 Å². The van der Waals surface area contributed by atoms with E-state index in [2.05, 4.69) is 22.0 Å². The molecule has 2 aromatic heterocycles. The molecule has 1 aromatic carbocycles. The van der Waals surface area contributed by atoms with Crippen LogP contribution in [-0.2, 0) is 13.1 Å². The van der Waals surface area contributed by atoms with Crippen molar-refractivity contribution in [3.05, 3.63) is 54.7 Å². The van der Waals surface area contributed by atoms with Crippen LogP contribution in [0.2, 0.25) is 0 Å². The molecule has 36 heavy (non-hydrogen) atoms. The van der Waals surface area contributed by atoms with Gasteiger partial charge < -0.3 is 29.9 Å². The largest absolute Gasteiger partial charge is 0.406 e. The zero-order valence-corrected chi connectivity index (χ0v) is 20.1. The molecule has 1 aliphatic rings. The highest BCUT2D eigenvalue weighted by Gasteiger charge is 2.32. The van der Waals surface area contributed by atoms with Crippen molar-refractivity contribution < 1.29 is 22.1 Å². The molecule has 3 N–H and O–H groups in total. The summed E-state index contributed by atoms with van der Waals surface area (Å²) in [6.45, 7) is 3.64. The Morgan fingerprint density at radius 1 is 1.39 bits per heavy atom. The van der Waals surface area contributed by atoms with Gasteiger partial charge in [0.15, 0.2) is 0 Å². The van der Waals surface area contributed by atoms with Gasteiger partial charge in [0.25, 0.3) is 0 Å². The topological polar surface area (TPSA) is 88.4 Å². The molecule has 3 aromatic rings. The van der Waals surface area contributed by atoms with Crippen LogP contribution in [0.3, 0.4) is 0 Å². The van der Waals surface area contributed by atoms with Crippen LogP contribution < -0.4 is 11.1 Å². The Hall–Kier alpha value is -3.54. The van der Waals surface area contributed by atoms with Crippen molar-refractivity contribution in [2.75, 3.05) is 32.5 Å². The van der Waals surface area contributed by atoms with E-state index in [0.717, 1.165) is 11.1 Å². The highest BCUT2D eigenvalue weighted by molar-refractivity contribution is 5.96. The predicted octanol–water partition coefficient (Wildman–Crippen LogP) is 4.13.